The number of benzene rings is 1. The molecule has 3 rings (SSSR count). The summed E-state index contributed by atoms with van der Waals surface area (Å²) in [6.07, 6.45) is 5.93. The molecule has 0 saturated carbocycles. The third kappa shape index (κ3) is 2.72. The highest BCUT2D eigenvalue weighted by Gasteiger charge is 2.15. The zero-order valence-electron chi connectivity index (χ0n) is 11.3. The minimum atomic E-state index is -0.207. The van der Waals surface area contributed by atoms with Crippen LogP contribution in [0.3, 0.4) is 0 Å². The zero-order valence-corrected chi connectivity index (χ0v) is 11.3. The van der Waals surface area contributed by atoms with E-state index in [2.05, 4.69) is 32.1 Å². The van der Waals surface area contributed by atoms with Gasteiger partial charge in [0.05, 0.1) is 13.2 Å². The molecule has 0 aromatic heterocycles. The van der Waals surface area contributed by atoms with Crippen LogP contribution in [0, 0.1) is 13.8 Å². The summed E-state index contributed by atoms with van der Waals surface area (Å²) in [5, 5.41) is 0. The van der Waals surface area contributed by atoms with Gasteiger partial charge < -0.3 is 14.2 Å². The molecule has 0 aliphatic carbocycles. The molecule has 1 aromatic carbocycles. The Labute approximate surface area is 113 Å². The largest absolute Gasteiger partial charge is 0.488 e. The Morgan fingerprint density at radius 3 is 2.74 bits per heavy atom. The van der Waals surface area contributed by atoms with E-state index in [1.54, 1.807) is 0 Å². The van der Waals surface area contributed by atoms with E-state index in [0.29, 0.717) is 19.8 Å². The maximum atomic E-state index is 5.84. The molecule has 0 unspecified atom stereocenters. The van der Waals surface area contributed by atoms with Gasteiger partial charge in [0.15, 0.2) is 6.29 Å². The summed E-state index contributed by atoms with van der Waals surface area (Å²) in [5.74, 6) is 0.996. The predicted octanol–water partition coefficient (Wildman–Crippen LogP) is 3.01. The lowest BCUT2D eigenvalue weighted by molar-refractivity contribution is -0.00159. The van der Waals surface area contributed by atoms with Gasteiger partial charge in [-0.05, 0) is 43.2 Å². The van der Waals surface area contributed by atoms with Crippen LogP contribution in [-0.4, -0.2) is 26.1 Å². The van der Waals surface area contributed by atoms with Gasteiger partial charge in [-0.2, -0.15) is 0 Å². The Morgan fingerprint density at radius 2 is 1.95 bits per heavy atom. The smallest absolute Gasteiger partial charge is 0.177 e. The molecule has 0 atom stereocenters. The fourth-order valence-electron chi connectivity index (χ4n) is 2.47. The fraction of sp³-hybridized carbons (Fsp3) is 0.375. The molecule has 0 N–H and O–H groups in total. The molecule has 0 bridgehead atoms. The van der Waals surface area contributed by atoms with Crippen LogP contribution in [0.2, 0.25) is 0 Å². The van der Waals surface area contributed by atoms with Crippen molar-refractivity contribution in [3.05, 3.63) is 46.5 Å². The lowest BCUT2D eigenvalue weighted by Crippen LogP contribution is -2.09. The molecule has 0 radical (unpaired) electrons. The minimum absolute atomic E-state index is 0.207. The van der Waals surface area contributed by atoms with Crippen molar-refractivity contribution in [2.24, 2.45) is 0 Å². The van der Waals surface area contributed by atoms with E-state index in [-0.39, 0.29) is 6.29 Å². The molecule has 100 valence electrons. The van der Waals surface area contributed by atoms with Crippen molar-refractivity contribution in [3.8, 4) is 5.75 Å². The minimum Gasteiger partial charge on any atom is -0.488 e. The van der Waals surface area contributed by atoms with E-state index < -0.39 is 0 Å². The normalized spacial score (nSPS) is 19.4. The molecule has 0 spiro atoms. The van der Waals surface area contributed by atoms with Crippen LogP contribution in [-0.2, 0) is 9.47 Å². The first kappa shape index (κ1) is 12.5. The quantitative estimate of drug-likeness (QED) is 0.816. The van der Waals surface area contributed by atoms with E-state index in [0.717, 1.165) is 16.9 Å². The Hall–Kier alpha value is -1.58. The summed E-state index contributed by atoms with van der Waals surface area (Å²) in [6.45, 7) is 6.13. The molecule has 3 heteroatoms. The Bertz CT molecular complexity index is 537. The van der Waals surface area contributed by atoms with Gasteiger partial charge in [-0.1, -0.05) is 17.7 Å². The summed E-state index contributed by atoms with van der Waals surface area (Å²) in [5.41, 5.74) is 4.73. The molecular weight excluding hydrogens is 240 g/mol. The topological polar surface area (TPSA) is 27.7 Å². The van der Waals surface area contributed by atoms with Gasteiger partial charge in [0.2, 0.25) is 0 Å². The zero-order chi connectivity index (χ0) is 13.2. The van der Waals surface area contributed by atoms with E-state index in [1.165, 1.54) is 11.1 Å². The second-order valence-corrected chi connectivity index (χ2v) is 4.98. The number of rotatable bonds is 2. The van der Waals surface area contributed by atoms with Crippen LogP contribution in [0.15, 0.2) is 29.9 Å². The maximum absolute atomic E-state index is 5.84. The van der Waals surface area contributed by atoms with Gasteiger partial charge in [-0.15, -0.1) is 0 Å². The predicted molar refractivity (Wildman–Crippen MR) is 74.2 cm³/mol. The highest BCUT2D eigenvalue weighted by molar-refractivity contribution is 5.67. The molecule has 2 aliphatic rings. The molecular formula is C16H18O3. The summed E-state index contributed by atoms with van der Waals surface area (Å²) in [6, 6.07) is 4.30. The Morgan fingerprint density at radius 1 is 1.16 bits per heavy atom. The van der Waals surface area contributed by atoms with Crippen molar-refractivity contribution in [2.75, 3.05) is 19.8 Å². The summed E-state index contributed by atoms with van der Waals surface area (Å²) in [7, 11) is 0. The number of ether oxygens (including phenoxy) is 3. The van der Waals surface area contributed by atoms with Crippen molar-refractivity contribution in [1.82, 2.24) is 0 Å². The molecule has 1 saturated heterocycles. The standard InChI is InChI=1S/C16H18O3/c1-11-7-12(2)16-14(8-11)9-13(10-19-16)3-4-15-17-5-6-18-15/h3-4,7-9,15H,5-6,10H2,1-2H3. The summed E-state index contributed by atoms with van der Waals surface area (Å²) in [4.78, 5) is 0. The number of hydrogen-bond donors (Lipinski definition) is 0. The first-order valence-corrected chi connectivity index (χ1v) is 6.58. The second kappa shape index (κ2) is 5.19. The Balaban J connectivity index is 1.82. The van der Waals surface area contributed by atoms with Crippen LogP contribution >= 0.6 is 0 Å². The first-order valence-electron chi connectivity index (χ1n) is 6.58. The molecule has 0 amide bonds. The third-order valence-electron chi connectivity index (χ3n) is 3.29. The van der Waals surface area contributed by atoms with Crippen LogP contribution < -0.4 is 4.74 Å². The van der Waals surface area contributed by atoms with Crippen LogP contribution in [0.1, 0.15) is 16.7 Å². The van der Waals surface area contributed by atoms with Crippen molar-refractivity contribution in [2.45, 2.75) is 20.1 Å². The van der Waals surface area contributed by atoms with Gasteiger partial charge in [-0.25, -0.2) is 0 Å². The van der Waals surface area contributed by atoms with Crippen LogP contribution in [0.25, 0.3) is 6.08 Å². The molecule has 19 heavy (non-hydrogen) atoms. The highest BCUT2D eigenvalue weighted by atomic mass is 16.7. The average Bonchev–Trinajstić information content (AvgIpc) is 2.88. The monoisotopic (exact) mass is 258 g/mol. The number of hydrogen-bond acceptors (Lipinski definition) is 3. The van der Waals surface area contributed by atoms with Gasteiger partial charge in [0, 0.05) is 5.56 Å². The van der Waals surface area contributed by atoms with Gasteiger partial charge in [-0.3, -0.25) is 0 Å². The molecule has 2 heterocycles. The van der Waals surface area contributed by atoms with Crippen molar-refractivity contribution >= 4 is 6.08 Å². The SMILES string of the molecule is Cc1cc(C)c2c(c1)C=C(C=CC1OCCO1)CO2. The molecule has 3 nitrogen and oxygen atoms in total. The molecule has 1 fully saturated rings. The fourth-order valence-corrected chi connectivity index (χ4v) is 2.47. The maximum Gasteiger partial charge on any atom is 0.177 e. The van der Waals surface area contributed by atoms with E-state index in [9.17, 15) is 0 Å². The average molecular weight is 258 g/mol. The van der Waals surface area contributed by atoms with Gasteiger partial charge >= 0.3 is 0 Å². The second-order valence-electron chi connectivity index (χ2n) is 4.98. The lowest BCUT2D eigenvalue weighted by atomic mass is 10.0. The van der Waals surface area contributed by atoms with E-state index in [1.807, 2.05) is 12.2 Å². The Kier molecular flexibility index (Phi) is 3.40. The highest BCUT2D eigenvalue weighted by Crippen LogP contribution is 2.31. The van der Waals surface area contributed by atoms with Crippen molar-refractivity contribution in [1.29, 1.82) is 0 Å². The third-order valence-corrected chi connectivity index (χ3v) is 3.29. The first-order chi connectivity index (χ1) is 9.22. The number of aryl methyl sites for hydroxylation is 2. The van der Waals surface area contributed by atoms with E-state index >= 15 is 0 Å². The van der Waals surface area contributed by atoms with Gasteiger partial charge in [0.1, 0.15) is 12.4 Å². The van der Waals surface area contributed by atoms with Crippen molar-refractivity contribution in [3.63, 3.8) is 0 Å². The van der Waals surface area contributed by atoms with E-state index in [4.69, 9.17) is 14.2 Å². The molecule has 2 aliphatic heterocycles. The van der Waals surface area contributed by atoms with Crippen molar-refractivity contribution < 1.29 is 14.2 Å². The van der Waals surface area contributed by atoms with Crippen LogP contribution in [0.5, 0.6) is 5.75 Å². The summed E-state index contributed by atoms with van der Waals surface area (Å²) >= 11 is 0. The molecule has 1 aromatic rings. The lowest BCUT2D eigenvalue weighted by Gasteiger charge is -2.19. The summed E-state index contributed by atoms with van der Waals surface area (Å²) < 4.78 is 16.6. The van der Waals surface area contributed by atoms with Gasteiger partial charge in [0.25, 0.3) is 0 Å². The number of fused-ring (bicyclic) bond motifs is 1. The van der Waals surface area contributed by atoms with Crippen LogP contribution in [0.4, 0.5) is 0 Å².